The molecule has 2 saturated heterocycles. The van der Waals surface area contributed by atoms with Gasteiger partial charge < -0.3 is 27.1 Å². The first kappa shape index (κ1) is 29.4. The molecule has 45 heavy (non-hydrogen) atoms. The lowest BCUT2D eigenvalue weighted by Gasteiger charge is -2.41. The van der Waals surface area contributed by atoms with E-state index in [1.54, 1.807) is 0 Å². The maximum atomic E-state index is 5.99. The Morgan fingerprint density at radius 3 is 1.20 bits per heavy atom. The quantitative estimate of drug-likeness (QED) is 0.123. The van der Waals surface area contributed by atoms with Gasteiger partial charge in [-0.2, -0.15) is 0 Å². The van der Waals surface area contributed by atoms with Crippen LogP contribution < -0.4 is 0 Å². The van der Waals surface area contributed by atoms with Crippen molar-refractivity contribution >= 4 is 60.3 Å². The molecule has 2 heterocycles. The Labute approximate surface area is 265 Å². The van der Waals surface area contributed by atoms with Crippen molar-refractivity contribution in [1.29, 1.82) is 0 Å². The molecule has 8 heteroatoms. The molecule has 2 aliphatic heterocycles. The largest absolute Gasteiger partial charge is 0.332 e. The van der Waals surface area contributed by atoms with Gasteiger partial charge >= 0.3 is 17.2 Å². The minimum atomic E-state index is -1.38. The van der Waals surface area contributed by atoms with Gasteiger partial charge in [-0.05, 0) is 91.3 Å². The van der Waals surface area contributed by atoms with E-state index >= 15 is 0 Å². The van der Waals surface area contributed by atoms with E-state index < -0.39 is 17.2 Å². The molecule has 2 aliphatic rings. The molecule has 6 aromatic carbocycles. The molecule has 0 unspecified atom stereocenters. The summed E-state index contributed by atoms with van der Waals surface area (Å²) in [6.07, 6.45) is 1.59. The fourth-order valence-corrected chi connectivity index (χ4v) is 8.44. The van der Waals surface area contributed by atoms with E-state index in [0.29, 0.717) is 39.6 Å². The highest BCUT2D eigenvalue weighted by Gasteiger charge is 2.44. The van der Waals surface area contributed by atoms with Crippen LogP contribution in [0, 0.1) is 5.41 Å². The molecule has 0 atom stereocenters. The van der Waals surface area contributed by atoms with Crippen LogP contribution >= 0.6 is 17.2 Å². The van der Waals surface area contributed by atoms with Gasteiger partial charge in [-0.1, -0.05) is 84.9 Å². The second-order valence-electron chi connectivity index (χ2n) is 12.0. The molecular weight excluding hydrogens is 602 g/mol. The van der Waals surface area contributed by atoms with Gasteiger partial charge in [-0.25, -0.2) is 0 Å². The van der Waals surface area contributed by atoms with Gasteiger partial charge in [0.15, 0.2) is 0 Å². The molecular formula is C37H34O6P2. The maximum Gasteiger partial charge on any atom is 0.332 e. The Morgan fingerprint density at radius 2 is 0.800 bits per heavy atom. The predicted molar refractivity (Wildman–Crippen MR) is 182 cm³/mol. The average Bonchev–Trinajstić information content (AvgIpc) is 3.08. The number of hydrogen-bond acceptors (Lipinski definition) is 6. The highest BCUT2D eigenvalue weighted by Crippen LogP contribution is 2.53. The van der Waals surface area contributed by atoms with Crippen LogP contribution in [0.1, 0.15) is 11.1 Å². The summed E-state index contributed by atoms with van der Waals surface area (Å²) in [7, 11) is -2.77. The van der Waals surface area contributed by atoms with E-state index in [1.165, 1.54) is 54.2 Å². The molecule has 8 rings (SSSR count). The van der Waals surface area contributed by atoms with Crippen LogP contribution in [0.4, 0.5) is 0 Å². The third-order valence-electron chi connectivity index (χ3n) is 8.62. The zero-order valence-corrected chi connectivity index (χ0v) is 26.7. The van der Waals surface area contributed by atoms with Gasteiger partial charge in [-0.3, -0.25) is 0 Å². The van der Waals surface area contributed by atoms with Crippen molar-refractivity contribution in [2.75, 3.05) is 39.6 Å². The standard InChI is InChI=1S/C37H34O6P2/c1-3-7-31-21-35-17-27(9-11-33(35)19-29(31)5-1)13-15-38-44-40-23-37(24-41-44)25-42-45(43-26-37)39-16-14-28-10-12-34-20-30-6-2-4-8-32(30)22-36(34)18-28/h1-12,17-22H,13-16,23-26H2. The van der Waals surface area contributed by atoms with Crippen molar-refractivity contribution in [3.63, 3.8) is 0 Å². The zero-order valence-electron chi connectivity index (χ0n) is 24.9. The monoisotopic (exact) mass is 636 g/mol. The van der Waals surface area contributed by atoms with Crippen LogP contribution in [-0.4, -0.2) is 39.6 Å². The summed E-state index contributed by atoms with van der Waals surface area (Å²) in [6, 6.07) is 39.1. The average molecular weight is 637 g/mol. The molecule has 6 aromatic rings. The minimum Gasteiger partial charge on any atom is -0.312 e. The number of fused-ring (bicyclic) bond motifs is 4. The molecule has 0 bridgehead atoms. The normalized spacial score (nSPS) is 22.1. The molecule has 0 aromatic heterocycles. The van der Waals surface area contributed by atoms with E-state index in [9.17, 15) is 0 Å². The molecule has 2 fully saturated rings. The summed E-state index contributed by atoms with van der Waals surface area (Å²) < 4.78 is 35.9. The van der Waals surface area contributed by atoms with Gasteiger partial charge in [0.05, 0.1) is 45.1 Å². The summed E-state index contributed by atoms with van der Waals surface area (Å²) in [5.41, 5.74) is 2.14. The lowest BCUT2D eigenvalue weighted by molar-refractivity contribution is -0.0758. The van der Waals surface area contributed by atoms with E-state index in [0.717, 1.165) is 12.8 Å². The number of rotatable bonds is 8. The van der Waals surface area contributed by atoms with Crippen molar-refractivity contribution < 1.29 is 27.1 Å². The lowest BCUT2D eigenvalue weighted by Crippen LogP contribution is -2.44. The first-order valence-corrected chi connectivity index (χ1v) is 17.6. The van der Waals surface area contributed by atoms with Gasteiger partial charge in [0.1, 0.15) is 0 Å². The smallest absolute Gasteiger partial charge is 0.312 e. The predicted octanol–water partition coefficient (Wildman–Crippen LogP) is 9.65. The summed E-state index contributed by atoms with van der Waals surface area (Å²) in [4.78, 5) is 0. The first-order chi connectivity index (χ1) is 22.2. The van der Waals surface area contributed by atoms with Crippen LogP contribution in [0.5, 0.6) is 0 Å². The molecule has 6 nitrogen and oxygen atoms in total. The Hall–Kier alpha value is -3.02. The molecule has 0 saturated carbocycles. The second-order valence-corrected chi connectivity index (χ2v) is 14.4. The van der Waals surface area contributed by atoms with Crippen LogP contribution in [0.2, 0.25) is 0 Å². The van der Waals surface area contributed by atoms with E-state index in [2.05, 4.69) is 109 Å². The highest BCUT2D eigenvalue weighted by molar-refractivity contribution is 7.42. The first-order valence-electron chi connectivity index (χ1n) is 15.4. The Kier molecular flexibility index (Phi) is 8.49. The summed E-state index contributed by atoms with van der Waals surface area (Å²) in [5, 5.41) is 10.0. The van der Waals surface area contributed by atoms with Crippen LogP contribution in [0.25, 0.3) is 43.1 Å². The molecule has 0 radical (unpaired) electrons. The van der Waals surface area contributed by atoms with Crippen molar-refractivity contribution in [1.82, 2.24) is 0 Å². The zero-order chi connectivity index (χ0) is 30.1. The van der Waals surface area contributed by atoms with Gasteiger partial charge in [0, 0.05) is 0 Å². The fourth-order valence-electron chi connectivity index (χ4n) is 6.00. The molecule has 0 amide bonds. The van der Waals surface area contributed by atoms with E-state index in [4.69, 9.17) is 27.1 Å². The van der Waals surface area contributed by atoms with Crippen LogP contribution in [0.15, 0.2) is 109 Å². The molecule has 0 aliphatic carbocycles. The third-order valence-corrected chi connectivity index (χ3v) is 10.8. The number of hydrogen-bond donors (Lipinski definition) is 0. The van der Waals surface area contributed by atoms with Crippen LogP contribution in [-0.2, 0) is 40.0 Å². The Balaban J connectivity index is 0.769. The second kappa shape index (κ2) is 13.0. The fraction of sp³-hybridized carbons (Fsp3) is 0.243. The van der Waals surface area contributed by atoms with E-state index in [1.807, 2.05) is 0 Å². The topological polar surface area (TPSA) is 55.4 Å². The molecule has 0 N–H and O–H groups in total. The van der Waals surface area contributed by atoms with Gasteiger partial charge in [0.2, 0.25) is 0 Å². The lowest BCUT2D eigenvalue weighted by atomic mass is 9.93. The summed E-state index contributed by atoms with van der Waals surface area (Å²) in [6.45, 7) is 3.01. The van der Waals surface area contributed by atoms with Crippen molar-refractivity contribution in [3.8, 4) is 0 Å². The van der Waals surface area contributed by atoms with Crippen LogP contribution in [0.3, 0.4) is 0 Å². The Morgan fingerprint density at radius 1 is 0.444 bits per heavy atom. The Bertz CT molecular complexity index is 1820. The molecule has 228 valence electrons. The highest BCUT2D eigenvalue weighted by atomic mass is 31.2. The SMILES string of the molecule is c1ccc2cc3cc(CCOP4OCC5(CO4)COP(OCCc4ccc6cc7ccccc7cc6c4)OC5)ccc3cc2c1. The van der Waals surface area contributed by atoms with Crippen molar-refractivity contribution in [3.05, 3.63) is 120 Å². The molecule has 1 spiro atoms. The third kappa shape index (κ3) is 6.62. The van der Waals surface area contributed by atoms with Gasteiger partial charge in [-0.15, -0.1) is 0 Å². The maximum absolute atomic E-state index is 5.99. The van der Waals surface area contributed by atoms with Crippen molar-refractivity contribution in [2.24, 2.45) is 5.41 Å². The summed E-state index contributed by atoms with van der Waals surface area (Å²) in [5.74, 6) is 0. The summed E-state index contributed by atoms with van der Waals surface area (Å²) >= 11 is 0. The van der Waals surface area contributed by atoms with Gasteiger partial charge in [0.25, 0.3) is 0 Å². The van der Waals surface area contributed by atoms with E-state index in [-0.39, 0.29) is 5.41 Å². The van der Waals surface area contributed by atoms with Crippen molar-refractivity contribution in [2.45, 2.75) is 12.8 Å². The number of benzene rings is 6. The minimum absolute atomic E-state index is 0.327.